The predicted molar refractivity (Wildman–Crippen MR) is 116 cm³/mol. The lowest BCUT2D eigenvalue weighted by molar-refractivity contribution is -0.120. The fourth-order valence-electron chi connectivity index (χ4n) is 2.47. The zero-order valence-electron chi connectivity index (χ0n) is 17.3. The van der Waals surface area contributed by atoms with Crippen molar-refractivity contribution in [3.05, 3.63) is 64.7 Å². The van der Waals surface area contributed by atoms with Crippen molar-refractivity contribution in [2.45, 2.75) is 39.3 Å². The Kier molecular flexibility index (Phi) is 8.24. The summed E-state index contributed by atoms with van der Waals surface area (Å²) in [7, 11) is 0. The number of amides is 3. The van der Waals surface area contributed by atoms with Crippen molar-refractivity contribution in [2.75, 3.05) is 11.9 Å². The molecule has 3 amide bonds. The van der Waals surface area contributed by atoms with Crippen molar-refractivity contribution in [3.8, 4) is 0 Å². The van der Waals surface area contributed by atoms with Gasteiger partial charge in [-0.1, -0.05) is 35.9 Å². The van der Waals surface area contributed by atoms with Gasteiger partial charge in [-0.15, -0.1) is 0 Å². The Morgan fingerprint density at radius 1 is 0.933 bits per heavy atom. The molecule has 0 radical (unpaired) electrons. The largest absolute Gasteiger partial charge is 0.444 e. The number of hydrogen-bond donors (Lipinski definition) is 3. The molecule has 0 aliphatic heterocycles. The maximum absolute atomic E-state index is 12.2. The van der Waals surface area contributed by atoms with Crippen LogP contribution in [0, 0.1) is 0 Å². The summed E-state index contributed by atoms with van der Waals surface area (Å²) in [5.74, 6) is -0.480. The van der Waals surface area contributed by atoms with Gasteiger partial charge in [0.15, 0.2) is 0 Å². The van der Waals surface area contributed by atoms with E-state index in [1.54, 1.807) is 63.2 Å². The molecule has 2 aromatic rings. The Labute approximate surface area is 181 Å². The van der Waals surface area contributed by atoms with Gasteiger partial charge in [0.1, 0.15) is 12.1 Å². The fourth-order valence-corrected chi connectivity index (χ4v) is 2.69. The van der Waals surface area contributed by atoms with E-state index in [0.29, 0.717) is 17.3 Å². The van der Waals surface area contributed by atoms with Crippen molar-refractivity contribution in [2.24, 2.45) is 0 Å². The number of alkyl carbamates (subject to hydrolysis) is 1. The molecule has 0 atom stereocenters. The number of ether oxygens (including phenoxy) is 1. The molecule has 0 aliphatic rings. The topological polar surface area (TPSA) is 96.5 Å². The Bertz CT molecular complexity index is 892. The standard InChI is InChI=1S/C22H26ClN3O4/c1-22(2,3)30-21(29)25-14-20(28)24-13-15-7-9-18(10-8-15)26-19(27)12-16-5-4-6-17(23)11-16/h4-11H,12-14H2,1-3H3,(H,24,28)(H,25,29)(H,26,27). The molecule has 2 aromatic carbocycles. The first-order chi connectivity index (χ1) is 14.1. The van der Waals surface area contributed by atoms with E-state index in [2.05, 4.69) is 16.0 Å². The Balaban J connectivity index is 1.74. The van der Waals surface area contributed by atoms with Crippen molar-refractivity contribution in [3.63, 3.8) is 0 Å². The lowest BCUT2D eigenvalue weighted by Crippen LogP contribution is -2.39. The molecule has 0 aliphatic carbocycles. The fraction of sp³-hybridized carbons (Fsp3) is 0.318. The smallest absolute Gasteiger partial charge is 0.408 e. The van der Waals surface area contributed by atoms with Crippen LogP contribution in [-0.4, -0.2) is 30.1 Å². The summed E-state index contributed by atoms with van der Waals surface area (Å²) < 4.78 is 5.07. The van der Waals surface area contributed by atoms with Gasteiger partial charge in [-0.3, -0.25) is 9.59 Å². The monoisotopic (exact) mass is 431 g/mol. The molecular formula is C22H26ClN3O4. The minimum atomic E-state index is -0.643. The second-order valence-electron chi connectivity index (χ2n) is 7.68. The van der Waals surface area contributed by atoms with Crippen molar-refractivity contribution >= 4 is 35.2 Å². The molecule has 2 rings (SSSR count). The first-order valence-electron chi connectivity index (χ1n) is 9.47. The normalized spacial score (nSPS) is 10.8. The van der Waals surface area contributed by atoms with E-state index < -0.39 is 11.7 Å². The summed E-state index contributed by atoms with van der Waals surface area (Å²) in [5, 5.41) is 8.52. The first kappa shape index (κ1) is 23.2. The summed E-state index contributed by atoms with van der Waals surface area (Å²) in [5.41, 5.74) is 1.72. The van der Waals surface area contributed by atoms with Crippen LogP contribution in [-0.2, 0) is 27.3 Å². The van der Waals surface area contributed by atoms with E-state index in [4.69, 9.17) is 16.3 Å². The highest BCUT2D eigenvalue weighted by atomic mass is 35.5. The van der Waals surface area contributed by atoms with Crippen LogP contribution in [0.25, 0.3) is 0 Å². The van der Waals surface area contributed by atoms with Crippen LogP contribution < -0.4 is 16.0 Å². The van der Waals surface area contributed by atoms with E-state index >= 15 is 0 Å². The van der Waals surface area contributed by atoms with Crippen LogP contribution in [0.5, 0.6) is 0 Å². The second kappa shape index (κ2) is 10.6. The molecule has 0 unspecified atom stereocenters. The first-order valence-corrected chi connectivity index (χ1v) is 9.85. The molecule has 0 fully saturated rings. The molecule has 0 bridgehead atoms. The van der Waals surface area contributed by atoms with E-state index in [9.17, 15) is 14.4 Å². The number of hydrogen-bond acceptors (Lipinski definition) is 4. The van der Waals surface area contributed by atoms with Crippen molar-refractivity contribution < 1.29 is 19.1 Å². The highest BCUT2D eigenvalue weighted by Crippen LogP contribution is 2.13. The molecule has 30 heavy (non-hydrogen) atoms. The third kappa shape index (κ3) is 8.96. The van der Waals surface area contributed by atoms with E-state index in [0.717, 1.165) is 11.1 Å². The third-order valence-corrected chi connectivity index (χ3v) is 4.01. The molecule has 0 aromatic heterocycles. The molecule has 8 heteroatoms. The number of halogens is 1. The lowest BCUT2D eigenvalue weighted by Gasteiger charge is -2.19. The van der Waals surface area contributed by atoms with Crippen LogP contribution >= 0.6 is 11.6 Å². The minimum absolute atomic E-state index is 0.147. The second-order valence-corrected chi connectivity index (χ2v) is 8.12. The Morgan fingerprint density at radius 2 is 1.63 bits per heavy atom. The van der Waals surface area contributed by atoms with Gasteiger partial charge in [0.25, 0.3) is 0 Å². The third-order valence-electron chi connectivity index (χ3n) is 3.77. The van der Waals surface area contributed by atoms with Crippen LogP contribution in [0.4, 0.5) is 10.5 Å². The SMILES string of the molecule is CC(C)(C)OC(=O)NCC(=O)NCc1ccc(NC(=O)Cc2cccc(Cl)c2)cc1. The molecule has 0 heterocycles. The number of benzene rings is 2. The quantitative estimate of drug-likeness (QED) is 0.623. The zero-order valence-corrected chi connectivity index (χ0v) is 18.0. The van der Waals surface area contributed by atoms with E-state index in [1.165, 1.54) is 0 Å². The summed E-state index contributed by atoms with van der Waals surface area (Å²) in [6, 6.07) is 14.3. The van der Waals surface area contributed by atoms with Gasteiger partial charge < -0.3 is 20.7 Å². The number of carbonyl (C=O) groups excluding carboxylic acids is 3. The highest BCUT2D eigenvalue weighted by Gasteiger charge is 2.16. The van der Waals surface area contributed by atoms with Gasteiger partial charge in [0.05, 0.1) is 6.42 Å². The molecule has 0 spiro atoms. The zero-order chi connectivity index (χ0) is 22.1. The van der Waals surface area contributed by atoms with Crippen LogP contribution in [0.2, 0.25) is 5.02 Å². The average molecular weight is 432 g/mol. The van der Waals surface area contributed by atoms with Crippen LogP contribution in [0.1, 0.15) is 31.9 Å². The molecular weight excluding hydrogens is 406 g/mol. The summed E-state index contributed by atoms with van der Waals surface area (Å²) in [6.45, 7) is 5.36. The highest BCUT2D eigenvalue weighted by molar-refractivity contribution is 6.30. The number of nitrogens with one attached hydrogen (secondary N) is 3. The van der Waals surface area contributed by atoms with E-state index in [-0.39, 0.29) is 24.8 Å². The van der Waals surface area contributed by atoms with Gasteiger partial charge in [-0.2, -0.15) is 0 Å². The summed E-state index contributed by atoms with van der Waals surface area (Å²) >= 11 is 5.93. The van der Waals surface area contributed by atoms with Crippen molar-refractivity contribution in [1.29, 1.82) is 0 Å². The van der Waals surface area contributed by atoms with Crippen LogP contribution in [0.3, 0.4) is 0 Å². The lowest BCUT2D eigenvalue weighted by atomic mass is 10.1. The minimum Gasteiger partial charge on any atom is -0.444 e. The van der Waals surface area contributed by atoms with Gasteiger partial charge in [-0.05, 0) is 56.2 Å². The molecule has 160 valence electrons. The summed E-state index contributed by atoms with van der Waals surface area (Å²) in [6.07, 6.45) is -0.418. The van der Waals surface area contributed by atoms with Gasteiger partial charge in [0.2, 0.25) is 11.8 Å². The molecule has 7 nitrogen and oxygen atoms in total. The maximum Gasteiger partial charge on any atom is 0.408 e. The molecule has 0 saturated carbocycles. The van der Waals surface area contributed by atoms with E-state index in [1.807, 2.05) is 6.07 Å². The van der Waals surface area contributed by atoms with Crippen molar-refractivity contribution in [1.82, 2.24) is 10.6 Å². The van der Waals surface area contributed by atoms with Gasteiger partial charge >= 0.3 is 6.09 Å². The number of anilines is 1. The number of carbonyl (C=O) groups is 3. The summed E-state index contributed by atoms with van der Waals surface area (Å²) in [4.78, 5) is 35.5. The Hall–Kier alpha value is -3.06. The maximum atomic E-state index is 12.2. The van der Waals surface area contributed by atoms with Gasteiger partial charge in [-0.25, -0.2) is 4.79 Å². The van der Waals surface area contributed by atoms with Gasteiger partial charge in [0, 0.05) is 17.3 Å². The molecule has 3 N–H and O–H groups in total. The molecule has 0 saturated heterocycles. The average Bonchev–Trinajstić information content (AvgIpc) is 2.64. The predicted octanol–water partition coefficient (Wildman–Crippen LogP) is 3.66. The number of rotatable bonds is 7. The Morgan fingerprint density at radius 3 is 2.27 bits per heavy atom. The van der Waals surface area contributed by atoms with Crippen LogP contribution in [0.15, 0.2) is 48.5 Å².